The van der Waals surface area contributed by atoms with Gasteiger partial charge < -0.3 is 9.64 Å². The monoisotopic (exact) mass is 443 g/mol. The highest BCUT2D eigenvalue weighted by Crippen LogP contribution is 2.33. The van der Waals surface area contributed by atoms with E-state index in [1.165, 1.54) is 0 Å². The van der Waals surface area contributed by atoms with Crippen molar-refractivity contribution in [3.8, 4) is 5.88 Å². The molecule has 0 aliphatic carbocycles. The van der Waals surface area contributed by atoms with E-state index in [4.69, 9.17) is 27.9 Å². The summed E-state index contributed by atoms with van der Waals surface area (Å²) >= 11 is 12.6. The number of pyridine rings is 1. The van der Waals surface area contributed by atoms with Gasteiger partial charge >= 0.3 is 0 Å². The van der Waals surface area contributed by atoms with Gasteiger partial charge in [-0.15, -0.1) is 0 Å². The number of ether oxygens (including phenoxy) is 1. The zero-order valence-electron chi connectivity index (χ0n) is 17.2. The minimum absolute atomic E-state index is 0.0237. The van der Waals surface area contributed by atoms with Gasteiger partial charge in [0.15, 0.2) is 6.23 Å². The first-order valence-corrected chi connectivity index (χ1v) is 11.4. The van der Waals surface area contributed by atoms with Crippen LogP contribution in [0.3, 0.4) is 0 Å². The molecule has 0 saturated carbocycles. The normalized spacial score (nSPS) is 16.0. The molecule has 6 heteroatoms. The predicted octanol–water partition coefficient (Wildman–Crippen LogP) is 6.26. The maximum atomic E-state index is 6.43. The molecule has 0 radical (unpaired) electrons. The summed E-state index contributed by atoms with van der Waals surface area (Å²) < 4.78 is 6.40. The van der Waals surface area contributed by atoms with Crippen molar-refractivity contribution < 1.29 is 4.74 Å². The van der Waals surface area contributed by atoms with E-state index in [0.29, 0.717) is 15.9 Å². The first-order chi connectivity index (χ1) is 14.7. The van der Waals surface area contributed by atoms with Gasteiger partial charge in [0.2, 0.25) is 5.88 Å². The van der Waals surface area contributed by atoms with Crippen LogP contribution in [0.15, 0.2) is 54.7 Å². The Balaban J connectivity index is 1.45. The van der Waals surface area contributed by atoms with E-state index >= 15 is 0 Å². The second-order valence-corrected chi connectivity index (χ2v) is 8.47. The quantitative estimate of drug-likeness (QED) is 0.430. The lowest BCUT2D eigenvalue weighted by atomic mass is 10.1. The largest absolute Gasteiger partial charge is 0.458 e. The van der Waals surface area contributed by atoms with Crippen LogP contribution in [0.4, 0.5) is 5.69 Å². The van der Waals surface area contributed by atoms with E-state index < -0.39 is 0 Å². The molecule has 2 heterocycles. The second-order valence-electron chi connectivity index (χ2n) is 7.68. The first kappa shape index (κ1) is 21.2. The second kappa shape index (κ2) is 9.86. The smallest absolute Gasteiger partial charge is 0.215 e. The van der Waals surface area contributed by atoms with Crippen LogP contribution in [0, 0.1) is 0 Å². The Morgan fingerprint density at radius 1 is 1.00 bits per heavy atom. The molecule has 30 heavy (non-hydrogen) atoms. The molecule has 0 spiro atoms. The number of halogens is 2. The van der Waals surface area contributed by atoms with Gasteiger partial charge in [0.25, 0.3) is 0 Å². The number of fused-ring (bicyclic) bond motifs is 1. The highest BCUT2D eigenvalue weighted by atomic mass is 35.5. The van der Waals surface area contributed by atoms with Crippen LogP contribution in [0.25, 0.3) is 10.8 Å². The number of nitrogens with zero attached hydrogens (tertiary/aromatic N) is 3. The van der Waals surface area contributed by atoms with E-state index in [1.54, 1.807) is 0 Å². The van der Waals surface area contributed by atoms with Gasteiger partial charge in [0, 0.05) is 43.8 Å². The number of hydrogen-bond donors (Lipinski definition) is 0. The van der Waals surface area contributed by atoms with E-state index in [9.17, 15) is 0 Å². The van der Waals surface area contributed by atoms with E-state index in [2.05, 4.69) is 33.8 Å². The van der Waals surface area contributed by atoms with Crippen molar-refractivity contribution >= 4 is 39.7 Å². The molecule has 4 nitrogen and oxygen atoms in total. The van der Waals surface area contributed by atoms with Crippen LogP contribution in [0.5, 0.6) is 5.88 Å². The van der Waals surface area contributed by atoms with Crippen molar-refractivity contribution in [1.82, 2.24) is 9.88 Å². The fourth-order valence-electron chi connectivity index (χ4n) is 3.95. The van der Waals surface area contributed by atoms with Crippen LogP contribution in [0.1, 0.15) is 26.2 Å². The topological polar surface area (TPSA) is 28.6 Å². The fraction of sp³-hybridized carbons (Fsp3) is 0.375. The van der Waals surface area contributed by atoms with Crippen molar-refractivity contribution in [2.45, 2.75) is 32.4 Å². The Kier molecular flexibility index (Phi) is 6.98. The Morgan fingerprint density at radius 3 is 2.53 bits per heavy atom. The average Bonchev–Trinajstić information content (AvgIpc) is 2.78. The highest BCUT2D eigenvalue weighted by molar-refractivity contribution is 6.43. The average molecular weight is 444 g/mol. The molecule has 1 aromatic heterocycles. The summed E-state index contributed by atoms with van der Waals surface area (Å²) in [4.78, 5) is 9.26. The Bertz CT molecular complexity index is 989. The molecule has 4 rings (SSSR count). The lowest BCUT2D eigenvalue weighted by Gasteiger charge is -2.40. The number of piperazine rings is 1. The van der Waals surface area contributed by atoms with Crippen LogP contribution < -0.4 is 9.64 Å². The van der Waals surface area contributed by atoms with Crippen LogP contribution in [0.2, 0.25) is 10.0 Å². The summed E-state index contributed by atoms with van der Waals surface area (Å²) in [5.41, 5.74) is 1.01. The lowest BCUT2D eigenvalue weighted by Crippen LogP contribution is -2.52. The molecule has 158 valence electrons. The summed E-state index contributed by atoms with van der Waals surface area (Å²) in [6, 6.07) is 16.1. The zero-order chi connectivity index (χ0) is 20.9. The van der Waals surface area contributed by atoms with Crippen LogP contribution in [-0.4, -0.2) is 42.3 Å². The number of rotatable bonds is 7. The maximum absolute atomic E-state index is 6.43. The molecular formula is C24H27Cl2N3O. The number of anilines is 1. The third kappa shape index (κ3) is 4.83. The van der Waals surface area contributed by atoms with Crippen molar-refractivity contribution in [2.24, 2.45) is 0 Å². The van der Waals surface area contributed by atoms with Gasteiger partial charge in [0.05, 0.1) is 15.7 Å². The molecule has 1 fully saturated rings. The van der Waals surface area contributed by atoms with E-state index in [0.717, 1.165) is 61.9 Å². The molecule has 1 aliphatic rings. The SMILES string of the molecule is CCCCC(Oc1cc2ccccc2cn1)N1CCN(c2cccc(Cl)c2Cl)CC1. The third-order valence-corrected chi connectivity index (χ3v) is 6.47. The molecule has 3 aromatic rings. The summed E-state index contributed by atoms with van der Waals surface area (Å²) in [6.07, 6.45) is 5.17. The lowest BCUT2D eigenvalue weighted by molar-refractivity contribution is 0.0104. The Morgan fingerprint density at radius 2 is 1.77 bits per heavy atom. The summed E-state index contributed by atoms with van der Waals surface area (Å²) in [5, 5.41) is 3.51. The van der Waals surface area contributed by atoms with Crippen molar-refractivity contribution in [2.75, 3.05) is 31.1 Å². The minimum Gasteiger partial charge on any atom is -0.458 e. The third-order valence-electron chi connectivity index (χ3n) is 5.66. The molecule has 1 saturated heterocycles. The molecular weight excluding hydrogens is 417 g/mol. The fourth-order valence-corrected chi connectivity index (χ4v) is 4.36. The van der Waals surface area contributed by atoms with Gasteiger partial charge in [-0.25, -0.2) is 4.98 Å². The summed E-state index contributed by atoms with van der Waals surface area (Å²) in [5.74, 6) is 0.690. The van der Waals surface area contributed by atoms with Gasteiger partial charge in [0.1, 0.15) is 0 Å². The summed E-state index contributed by atoms with van der Waals surface area (Å²) in [7, 11) is 0. The Hall–Kier alpha value is -2.01. The predicted molar refractivity (Wildman–Crippen MR) is 126 cm³/mol. The highest BCUT2D eigenvalue weighted by Gasteiger charge is 2.26. The Labute approximate surface area is 188 Å². The van der Waals surface area contributed by atoms with Gasteiger partial charge in [-0.05, 0) is 30.4 Å². The maximum Gasteiger partial charge on any atom is 0.215 e. The number of benzene rings is 2. The molecule has 2 aromatic carbocycles. The first-order valence-electron chi connectivity index (χ1n) is 10.6. The van der Waals surface area contributed by atoms with E-state index in [-0.39, 0.29) is 6.23 Å². The molecule has 1 unspecified atom stereocenters. The van der Waals surface area contributed by atoms with E-state index in [1.807, 2.05) is 42.6 Å². The molecule has 1 atom stereocenters. The minimum atomic E-state index is 0.0237. The van der Waals surface area contributed by atoms with Gasteiger partial charge in [-0.1, -0.05) is 66.9 Å². The molecule has 0 N–H and O–H groups in total. The van der Waals surface area contributed by atoms with Crippen molar-refractivity contribution in [3.05, 3.63) is 64.8 Å². The van der Waals surface area contributed by atoms with Crippen molar-refractivity contribution in [3.63, 3.8) is 0 Å². The standard InChI is InChI=1S/C24H27Cl2N3O/c1-2-3-11-23(30-22-16-18-7-4-5-8-19(18)17-27-22)29-14-12-28(13-15-29)21-10-6-9-20(25)24(21)26/h4-10,16-17,23H,2-3,11-15H2,1H3. The van der Waals surface area contributed by atoms with Gasteiger partial charge in [-0.3, -0.25) is 4.90 Å². The molecule has 1 aliphatic heterocycles. The van der Waals surface area contributed by atoms with Gasteiger partial charge in [-0.2, -0.15) is 0 Å². The number of hydrogen-bond acceptors (Lipinski definition) is 4. The number of unbranched alkanes of at least 4 members (excludes halogenated alkanes) is 1. The molecule has 0 amide bonds. The van der Waals surface area contributed by atoms with Crippen molar-refractivity contribution in [1.29, 1.82) is 0 Å². The van der Waals surface area contributed by atoms with Crippen LogP contribution in [-0.2, 0) is 0 Å². The molecule has 0 bridgehead atoms. The zero-order valence-corrected chi connectivity index (χ0v) is 18.7. The number of aromatic nitrogens is 1. The van der Waals surface area contributed by atoms with Crippen LogP contribution >= 0.6 is 23.2 Å². The summed E-state index contributed by atoms with van der Waals surface area (Å²) in [6.45, 7) is 5.80.